The number of carbonyl (C=O) groups excluding carboxylic acids is 1. The molecule has 0 spiro atoms. The molecule has 28 heavy (non-hydrogen) atoms. The maximum Gasteiger partial charge on any atom is 0.166 e. The predicted molar refractivity (Wildman–Crippen MR) is 109 cm³/mol. The summed E-state index contributed by atoms with van der Waals surface area (Å²) in [6, 6.07) is 12.1. The number of aryl methyl sites for hydroxylation is 1. The van der Waals surface area contributed by atoms with E-state index in [0.717, 1.165) is 40.3 Å². The van der Waals surface area contributed by atoms with E-state index < -0.39 is 0 Å². The van der Waals surface area contributed by atoms with Crippen LogP contribution in [-0.4, -0.2) is 27.5 Å². The van der Waals surface area contributed by atoms with Crippen molar-refractivity contribution >= 4 is 22.8 Å². The molecule has 5 rings (SSSR count). The maximum atomic E-state index is 12.8. The Morgan fingerprint density at radius 1 is 1.18 bits per heavy atom. The topological polar surface area (TPSA) is 56.5 Å². The summed E-state index contributed by atoms with van der Waals surface area (Å²) in [6.45, 7) is 1.98. The van der Waals surface area contributed by atoms with Crippen molar-refractivity contribution in [3.8, 4) is 16.9 Å². The van der Waals surface area contributed by atoms with E-state index in [4.69, 9.17) is 9.72 Å². The van der Waals surface area contributed by atoms with Crippen LogP contribution in [-0.2, 0) is 6.42 Å². The fourth-order valence-electron chi connectivity index (χ4n) is 3.97. The van der Waals surface area contributed by atoms with Crippen molar-refractivity contribution in [2.24, 2.45) is 0 Å². The number of hydrogen-bond donors (Lipinski definition) is 0. The van der Waals surface area contributed by atoms with E-state index in [-0.39, 0.29) is 11.7 Å². The number of benzene rings is 1. The van der Waals surface area contributed by atoms with E-state index in [2.05, 4.69) is 16.5 Å². The van der Waals surface area contributed by atoms with Crippen LogP contribution in [0.3, 0.4) is 0 Å². The van der Waals surface area contributed by atoms with Crippen molar-refractivity contribution in [2.75, 3.05) is 7.11 Å². The molecule has 1 aliphatic carbocycles. The minimum atomic E-state index is 0.146. The van der Waals surface area contributed by atoms with Crippen molar-refractivity contribution in [3.63, 3.8) is 0 Å². The Labute approximate surface area is 166 Å². The summed E-state index contributed by atoms with van der Waals surface area (Å²) < 4.78 is 7.01. The Morgan fingerprint density at radius 2 is 2.00 bits per heavy atom. The number of rotatable bonds is 3. The summed E-state index contributed by atoms with van der Waals surface area (Å²) in [5.74, 6) is 1.17. The van der Waals surface area contributed by atoms with Crippen LogP contribution < -0.4 is 4.74 Å². The molecule has 1 atom stereocenters. The molecular weight excluding hydrogens is 370 g/mol. The first kappa shape index (κ1) is 17.1. The highest BCUT2D eigenvalue weighted by atomic mass is 32.1. The summed E-state index contributed by atoms with van der Waals surface area (Å²) in [4.78, 5) is 18.9. The maximum absolute atomic E-state index is 12.8. The molecule has 6 heteroatoms. The second-order valence-electron chi connectivity index (χ2n) is 7.10. The van der Waals surface area contributed by atoms with Gasteiger partial charge in [0, 0.05) is 29.0 Å². The fourth-order valence-corrected chi connectivity index (χ4v) is 4.80. The molecule has 0 amide bonds. The normalized spacial score (nSPS) is 16.4. The molecule has 0 saturated carbocycles. The second kappa shape index (κ2) is 6.56. The lowest BCUT2D eigenvalue weighted by Crippen LogP contribution is -2.20. The molecule has 3 heterocycles. The van der Waals surface area contributed by atoms with Crippen LogP contribution in [0.25, 0.3) is 16.8 Å². The third kappa shape index (κ3) is 2.72. The first-order valence-electron chi connectivity index (χ1n) is 9.24. The number of thiophene rings is 1. The standard InChI is InChI=1S/C22H19N3O2S/c1-13-21(14-5-7-16(27-2)8-6-14)22-23-18-10-15(20-4-3-9-28-20)11-19(26)17(18)12-25(22)24-13/h3-9,12,15H,10-11H2,1-2H3. The lowest BCUT2D eigenvalue weighted by Gasteiger charge is -2.22. The van der Waals surface area contributed by atoms with Gasteiger partial charge < -0.3 is 4.74 Å². The summed E-state index contributed by atoms with van der Waals surface area (Å²) in [6.07, 6.45) is 3.17. The van der Waals surface area contributed by atoms with Crippen molar-refractivity contribution in [1.82, 2.24) is 14.6 Å². The van der Waals surface area contributed by atoms with Gasteiger partial charge in [-0.25, -0.2) is 9.50 Å². The van der Waals surface area contributed by atoms with Crippen molar-refractivity contribution in [1.29, 1.82) is 0 Å². The third-order valence-electron chi connectivity index (χ3n) is 5.36. The molecule has 5 nitrogen and oxygen atoms in total. The van der Waals surface area contributed by atoms with Gasteiger partial charge >= 0.3 is 0 Å². The van der Waals surface area contributed by atoms with Gasteiger partial charge in [0.15, 0.2) is 11.4 Å². The third-order valence-corrected chi connectivity index (χ3v) is 6.39. The first-order chi connectivity index (χ1) is 13.6. The summed E-state index contributed by atoms with van der Waals surface area (Å²) in [5.41, 5.74) is 5.29. The number of hydrogen-bond acceptors (Lipinski definition) is 5. The van der Waals surface area contributed by atoms with Gasteiger partial charge in [0.1, 0.15) is 5.75 Å². The number of nitrogens with zero attached hydrogens (tertiary/aromatic N) is 3. The summed E-state index contributed by atoms with van der Waals surface area (Å²) >= 11 is 1.71. The molecule has 0 N–H and O–H groups in total. The Morgan fingerprint density at radius 3 is 2.71 bits per heavy atom. The van der Waals surface area contributed by atoms with E-state index in [1.807, 2.05) is 43.5 Å². The number of aromatic nitrogens is 3. The average molecular weight is 389 g/mol. The average Bonchev–Trinajstić information content (AvgIpc) is 3.34. The zero-order valence-corrected chi connectivity index (χ0v) is 16.5. The minimum Gasteiger partial charge on any atom is -0.497 e. The summed E-state index contributed by atoms with van der Waals surface area (Å²) in [5, 5.41) is 6.68. The summed E-state index contributed by atoms with van der Waals surface area (Å²) in [7, 11) is 1.66. The fraction of sp³-hybridized carbons (Fsp3) is 0.227. The first-order valence-corrected chi connectivity index (χ1v) is 10.1. The minimum absolute atomic E-state index is 0.146. The van der Waals surface area contributed by atoms with Crippen LogP contribution >= 0.6 is 11.3 Å². The van der Waals surface area contributed by atoms with E-state index in [0.29, 0.717) is 12.0 Å². The van der Waals surface area contributed by atoms with Crippen molar-refractivity contribution < 1.29 is 9.53 Å². The van der Waals surface area contributed by atoms with Gasteiger partial charge in [-0.1, -0.05) is 18.2 Å². The van der Waals surface area contributed by atoms with Gasteiger partial charge in [-0.2, -0.15) is 5.10 Å². The molecule has 1 aromatic carbocycles. The molecule has 0 saturated heterocycles. The van der Waals surface area contributed by atoms with Crippen LogP contribution in [0.1, 0.15) is 39.0 Å². The van der Waals surface area contributed by atoms with Gasteiger partial charge in [-0.15, -0.1) is 11.3 Å². The van der Waals surface area contributed by atoms with Crippen LogP contribution in [0.4, 0.5) is 0 Å². The molecule has 4 aromatic rings. The molecule has 0 aliphatic heterocycles. The number of methoxy groups -OCH3 is 1. The SMILES string of the molecule is COc1ccc(-c2c(C)nn3cc4c(nc23)CC(c2cccs2)CC4=O)cc1. The number of fused-ring (bicyclic) bond motifs is 2. The van der Waals surface area contributed by atoms with E-state index in [9.17, 15) is 4.79 Å². The predicted octanol–water partition coefficient (Wildman–Crippen LogP) is 4.69. The van der Waals surface area contributed by atoms with Gasteiger partial charge in [-0.3, -0.25) is 4.79 Å². The Balaban J connectivity index is 1.63. The molecule has 0 fully saturated rings. The lowest BCUT2D eigenvalue weighted by molar-refractivity contribution is 0.0963. The largest absolute Gasteiger partial charge is 0.497 e. The zero-order chi connectivity index (χ0) is 19.3. The number of carbonyl (C=O) groups is 1. The highest BCUT2D eigenvalue weighted by molar-refractivity contribution is 7.10. The van der Waals surface area contributed by atoms with Crippen LogP contribution in [0.15, 0.2) is 48.0 Å². The smallest absolute Gasteiger partial charge is 0.166 e. The quantitative estimate of drug-likeness (QED) is 0.510. The highest BCUT2D eigenvalue weighted by Crippen LogP contribution is 2.36. The van der Waals surface area contributed by atoms with Crippen LogP contribution in [0, 0.1) is 6.92 Å². The van der Waals surface area contributed by atoms with E-state index in [1.54, 1.807) is 23.0 Å². The second-order valence-corrected chi connectivity index (χ2v) is 8.08. The monoisotopic (exact) mass is 389 g/mol. The number of ether oxygens (including phenoxy) is 1. The van der Waals surface area contributed by atoms with Gasteiger partial charge in [0.05, 0.1) is 24.1 Å². The molecule has 0 bridgehead atoms. The zero-order valence-electron chi connectivity index (χ0n) is 15.7. The van der Waals surface area contributed by atoms with Crippen molar-refractivity contribution in [3.05, 3.63) is 69.8 Å². The molecule has 1 unspecified atom stereocenters. The van der Waals surface area contributed by atoms with Crippen LogP contribution in [0.5, 0.6) is 5.75 Å². The Kier molecular flexibility index (Phi) is 4.02. The van der Waals surface area contributed by atoms with E-state index >= 15 is 0 Å². The lowest BCUT2D eigenvalue weighted by atomic mass is 9.85. The number of Topliss-reactive ketones (excluding diaryl/α,β-unsaturated/α-hetero) is 1. The molecule has 1 aliphatic rings. The number of ketones is 1. The van der Waals surface area contributed by atoms with E-state index in [1.165, 1.54) is 4.88 Å². The molecule has 3 aromatic heterocycles. The highest BCUT2D eigenvalue weighted by Gasteiger charge is 2.29. The van der Waals surface area contributed by atoms with Gasteiger partial charge in [0.25, 0.3) is 0 Å². The molecular formula is C22H19N3O2S. The molecule has 0 radical (unpaired) electrons. The Hall–Kier alpha value is -2.99. The molecule has 140 valence electrons. The van der Waals surface area contributed by atoms with Gasteiger partial charge in [-0.05, 0) is 42.5 Å². The van der Waals surface area contributed by atoms with Crippen molar-refractivity contribution in [2.45, 2.75) is 25.7 Å². The van der Waals surface area contributed by atoms with Gasteiger partial charge in [0.2, 0.25) is 0 Å². The Bertz CT molecular complexity index is 1180. The van der Waals surface area contributed by atoms with Crippen LogP contribution in [0.2, 0.25) is 0 Å².